The van der Waals surface area contributed by atoms with Crippen molar-refractivity contribution in [1.82, 2.24) is 0 Å². The lowest BCUT2D eigenvalue weighted by atomic mass is 9.79. The van der Waals surface area contributed by atoms with E-state index in [2.05, 4.69) is 0 Å². The van der Waals surface area contributed by atoms with Crippen molar-refractivity contribution in [2.75, 3.05) is 0 Å². The Kier molecular flexibility index (Phi) is 4.00. The predicted octanol–water partition coefficient (Wildman–Crippen LogP) is 2.54. The summed E-state index contributed by atoms with van der Waals surface area (Å²) in [7, 11) is 0. The van der Waals surface area contributed by atoms with E-state index in [9.17, 15) is 9.59 Å². The first-order valence-electron chi connectivity index (χ1n) is 9.41. The topological polar surface area (TPSA) is 77.7 Å². The molecule has 1 aliphatic carbocycles. The third kappa shape index (κ3) is 2.80. The highest BCUT2D eigenvalue weighted by atomic mass is 16.7. The van der Waals surface area contributed by atoms with Crippen LogP contribution in [0.1, 0.15) is 24.0 Å². The van der Waals surface area contributed by atoms with Gasteiger partial charge in [0.15, 0.2) is 0 Å². The number of ether oxygens (including phenoxy) is 4. The number of hydrogen-bond donors (Lipinski definition) is 0. The highest BCUT2D eigenvalue weighted by Crippen LogP contribution is 2.63. The molecule has 2 aliphatic heterocycles. The maximum atomic E-state index is 12.9. The summed E-state index contributed by atoms with van der Waals surface area (Å²) >= 11 is 0. The van der Waals surface area contributed by atoms with Crippen LogP contribution in [0.5, 0.6) is 0 Å². The van der Waals surface area contributed by atoms with E-state index in [0.717, 1.165) is 11.1 Å². The number of fused-ring (bicyclic) bond motifs is 2. The molecule has 0 N–H and O–H groups in total. The molecule has 0 spiro atoms. The van der Waals surface area contributed by atoms with E-state index in [-0.39, 0.29) is 25.4 Å². The second kappa shape index (κ2) is 6.43. The van der Waals surface area contributed by atoms with Crippen LogP contribution in [-0.2, 0) is 41.8 Å². The molecule has 0 amide bonds. The van der Waals surface area contributed by atoms with Gasteiger partial charge in [-0.15, -0.1) is 0 Å². The van der Waals surface area contributed by atoms with Crippen LogP contribution >= 0.6 is 0 Å². The summed E-state index contributed by atoms with van der Waals surface area (Å²) < 4.78 is 22.4. The van der Waals surface area contributed by atoms with Gasteiger partial charge >= 0.3 is 11.9 Å². The first-order chi connectivity index (χ1) is 13.6. The minimum absolute atomic E-state index is 0.0539. The van der Waals surface area contributed by atoms with Gasteiger partial charge in [0, 0.05) is 12.8 Å². The Labute approximate surface area is 162 Å². The molecule has 144 valence electrons. The van der Waals surface area contributed by atoms with Crippen LogP contribution < -0.4 is 0 Å². The normalized spacial score (nSPS) is 31.9. The summed E-state index contributed by atoms with van der Waals surface area (Å²) in [5.74, 6) is -1.05. The smallest absolute Gasteiger partial charge is 0.342 e. The molecule has 6 nitrogen and oxygen atoms in total. The van der Waals surface area contributed by atoms with Crippen LogP contribution in [0.15, 0.2) is 60.7 Å². The molecule has 0 bridgehead atoms. The molecule has 2 saturated heterocycles. The highest BCUT2D eigenvalue weighted by molar-refractivity contribution is 5.98. The molecule has 2 aromatic rings. The van der Waals surface area contributed by atoms with Crippen LogP contribution in [0.2, 0.25) is 0 Å². The highest BCUT2D eigenvalue weighted by Gasteiger charge is 2.86. The average Bonchev–Trinajstić information content (AvgIpc) is 3.63. The minimum Gasteiger partial charge on any atom is -0.459 e. The van der Waals surface area contributed by atoms with Crippen molar-refractivity contribution in [3.8, 4) is 0 Å². The molecule has 4 atom stereocenters. The minimum atomic E-state index is -1.30. The number of carbonyl (C=O) groups is 2. The van der Waals surface area contributed by atoms with Crippen molar-refractivity contribution >= 4 is 11.9 Å². The second-order valence-electron chi connectivity index (χ2n) is 7.50. The van der Waals surface area contributed by atoms with Gasteiger partial charge in [-0.2, -0.15) is 0 Å². The fraction of sp³-hybridized carbons (Fsp3) is 0.364. The van der Waals surface area contributed by atoms with E-state index >= 15 is 0 Å². The molecule has 2 aromatic carbocycles. The van der Waals surface area contributed by atoms with Crippen LogP contribution in [0, 0.1) is 0 Å². The Hall–Kier alpha value is -2.70. The van der Waals surface area contributed by atoms with Crippen molar-refractivity contribution < 1.29 is 28.5 Å². The zero-order valence-electron chi connectivity index (χ0n) is 15.2. The molecule has 3 fully saturated rings. The molecule has 5 rings (SSSR count). The van der Waals surface area contributed by atoms with Gasteiger partial charge in [0.05, 0.1) is 12.2 Å². The van der Waals surface area contributed by atoms with Gasteiger partial charge in [-0.1, -0.05) is 60.7 Å². The molecular formula is C22H20O6. The Morgan fingerprint density at radius 2 is 1.21 bits per heavy atom. The van der Waals surface area contributed by atoms with E-state index < -0.39 is 23.1 Å². The van der Waals surface area contributed by atoms with Crippen molar-refractivity contribution in [1.29, 1.82) is 0 Å². The van der Waals surface area contributed by atoms with E-state index in [1.54, 1.807) is 0 Å². The Morgan fingerprint density at radius 3 is 1.64 bits per heavy atom. The third-order valence-corrected chi connectivity index (χ3v) is 5.71. The molecule has 0 radical (unpaired) electrons. The van der Waals surface area contributed by atoms with Crippen LogP contribution in [0.3, 0.4) is 0 Å². The lowest BCUT2D eigenvalue weighted by Crippen LogP contribution is -2.46. The first kappa shape index (κ1) is 17.4. The molecule has 4 unspecified atom stereocenters. The van der Waals surface area contributed by atoms with Crippen LogP contribution in [-0.4, -0.2) is 35.3 Å². The third-order valence-electron chi connectivity index (χ3n) is 5.71. The Morgan fingerprint density at radius 1 is 0.786 bits per heavy atom. The van der Waals surface area contributed by atoms with E-state index in [1.165, 1.54) is 0 Å². The van der Waals surface area contributed by atoms with Gasteiger partial charge in [-0.05, 0) is 11.1 Å². The van der Waals surface area contributed by atoms with Gasteiger partial charge in [-0.3, -0.25) is 0 Å². The lowest BCUT2D eigenvalue weighted by molar-refractivity contribution is -0.155. The van der Waals surface area contributed by atoms with Crippen LogP contribution in [0.4, 0.5) is 0 Å². The number of carbonyl (C=O) groups excluding carboxylic acids is 2. The van der Waals surface area contributed by atoms with Crippen molar-refractivity contribution in [2.45, 2.75) is 49.5 Å². The molecule has 2 heterocycles. The Bertz CT molecular complexity index is 824. The van der Waals surface area contributed by atoms with E-state index in [0.29, 0.717) is 12.8 Å². The zero-order chi connectivity index (χ0) is 19.2. The largest absolute Gasteiger partial charge is 0.459 e. The molecule has 3 aliphatic rings. The number of epoxide rings is 2. The van der Waals surface area contributed by atoms with Crippen molar-refractivity contribution in [2.24, 2.45) is 0 Å². The first-order valence-corrected chi connectivity index (χ1v) is 9.41. The summed E-state index contributed by atoms with van der Waals surface area (Å²) in [5.41, 5.74) is -0.844. The second-order valence-corrected chi connectivity index (χ2v) is 7.50. The molecule has 6 heteroatoms. The molecule has 28 heavy (non-hydrogen) atoms. The van der Waals surface area contributed by atoms with Crippen LogP contribution in [0.25, 0.3) is 0 Å². The van der Waals surface area contributed by atoms with E-state index in [1.807, 2.05) is 60.7 Å². The fourth-order valence-corrected chi connectivity index (χ4v) is 4.05. The SMILES string of the molecule is O=C(OCc1ccccc1)C12CC3OC3CC1(C(=O)OCc1ccccc1)O2. The van der Waals surface area contributed by atoms with Gasteiger partial charge in [0.1, 0.15) is 13.2 Å². The van der Waals surface area contributed by atoms with E-state index in [4.69, 9.17) is 18.9 Å². The average molecular weight is 380 g/mol. The van der Waals surface area contributed by atoms with Crippen molar-refractivity contribution in [3.63, 3.8) is 0 Å². The predicted molar refractivity (Wildman–Crippen MR) is 96.9 cm³/mol. The standard InChI is InChI=1S/C22H20O6/c23-19(25-13-15-7-3-1-4-8-15)21-11-17-18(27-17)12-22(21,28-21)20(24)26-14-16-9-5-2-6-10-16/h1-10,17-18H,11-14H2. The monoisotopic (exact) mass is 380 g/mol. The molecular weight excluding hydrogens is 360 g/mol. The lowest BCUT2D eigenvalue weighted by Gasteiger charge is -2.20. The van der Waals surface area contributed by atoms with Gasteiger partial charge in [0.25, 0.3) is 0 Å². The Balaban J connectivity index is 1.29. The summed E-state index contributed by atoms with van der Waals surface area (Å²) in [6, 6.07) is 18.8. The number of hydrogen-bond acceptors (Lipinski definition) is 6. The van der Waals surface area contributed by atoms with Gasteiger partial charge in [-0.25, -0.2) is 9.59 Å². The zero-order valence-corrected chi connectivity index (χ0v) is 15.2. The van der Waals surface area contributed by atoms with Gasteiger partial charge in [0.2, 0.25) is 11.2 Å². The number of rotatable bonds is 6. The maximum absolute atomic E-state index is 12.9. The fourth-order valence-electron chi connectivity index (χ4n) is 4.05. The number of esters is 2. The molecule has 0 aromatic heterocycles. The maximum Gasteiger partial charge on any atom is 0.342 e. The summed E-state index contributed by atoms with van der Waals surface area (Å²) in [6.45, 7) is 0.268. The van der Waals surface area contributed by atoms with Crippen molar-refractivity contribution in [3.05, 3.63) is 71.8 Å². The summed E-state index contributed by atoms with van der Waals surface area (Å²) in [4.78, 5) is 25.7. The molecule has 1 saturated carbocycles. The number of benzene rings is 2. The summed E-state index contributed by atoms with van der Waals surface area (Å²) in [6.07, 6.45) is 0.543. The quantitative estimate of drug-likeness (QED) is 0.566. The van der Waals surface area contributed by atoms with Gasteiger partial charge < -0.3 is 18.9 Å². The summed E-state index contributed by atoms with van der Waals surface area (Å²) in [5, 5.41) is 0.